The Bertz CT molecular complexity index is 534. The highest BCUT2D eigenvalue weighted by atomic mass is 35.5. The number of halogens is 4. The fourth-order valence-electron chi connectivity index (χ4n) is 1.13. The van der Waals surface area contributed by atoms with Gasteiger partial charge in [-0.2, -0.15) is 5.48 Å². The van der Waals surface area contributed by atoms with Gasteiger partial charge in [0.15, 0.2) is 17.3 Å². The Morgan fingerprint density at radius 2 is 1.67 bits per heavy atom. The van der Waals surface area contributed by atoms with Crippen molar-refractivity contribution in [2.75, 3.05) is 0 Å². The maximum Gasteiger partial charge on any atom is 0.249 e. The molecule has 18 heavy (non-hydrogen) atoms. The summed E-state index contributed by atoms with van der Waals surface area (Å²) >= 11 is 17.1. The molecule has 0 aliphatic carbocycles. The Hall–Kier alpha value is -1.04. The molecule has 0 aliphatic rings. The zero-order valence-corrected chi connectivity index (χ0v) is 11.5. The fraction of sp³-hybridized carbons (Fsp3) is 0.200. The van der Waals surface area contributed by atoms with E-state index in [0.717, 1.165) is 6.92 Å². The first-order valence-corrected chi connectivity index (χ1v) is 5.71. The second-order valence-corrected chi connectivity index (χ2v) is 4.41. The second kappa shape index (κ2) is 5.73. The highest BCUT2D eigenvalue weighted by Crippen LogP contribution is 2.42. The minimum absolute atomic E-state index is 0.287. The molecule has 0 unspecified atom stereocenters. The van der Waals surface area contributed by atoms with Crippen LogP contribution in [0.1, 0.15) is 24.2 Å². The molecular formula is C10H7Cl3FNO3. The van der Waals surface area contributed by atoms with Crippen LogP contribution >= 0.6 is 34.8 Å². The largest absolute Gasteiger partial charge is 0.376 e. The van der Waals surface area contributed by atoms with Gasteiger partial charge in [-0.1, -0.05) is 34.8 Å². The smallest absolute Gasteiger partial charge is 0.249 e. The molecule has 0 saturated heterocycles. The van der Waals surface area contributed by atoms with Crippen LogP contribution in [0.2, 0.25) is 15.1 Å². The quantitative estimate of drug-likeness (QED) is 0.402. The number of amides is 1. The normalized spacial score (nSPS) is 10.1. The average molecular weight is 315 g/mol. The van der Waals surface area contributed by atoms with Crippen LogP contribution in [0.15, 0.2) is 0 Å². The predicted molar refractivity (Wildman–Crippen MR) is 65.9 cm³/mol. The molecule has 0 radical (unpaired) electrons. The highest BCUT2D eigenvalue weighted by Gasteiger charge is 2.25. The van der Waals surface area contributed by atoms with Crippen LogP contribution in [0.25, 0.3) is 0 Å². The SMILES string of the molecule is CC(=O)NOc1c(Cl)c(Cl)c(F)c(C(C)=O)c1Cl. The molecule has 0 aliphatic heterocycles. The first-order chi connectivity index (χ1) is 8.27. The number of benzene rings is 1. The standard InChI is InChI=1S/C10H7Cl3FNO3/c1-3(16)5-6(11)10(18-15-4(2)17)8(13)7(12)9(5)14/h1-2H3,(H,15,17). The molecule has 1 N–H and O–H groups in total. The minimum atomic E-state index is -1.03. The summed E-state index contributed by atoms with van der Waals surface area (Å²) in [5.74, 6) is -2.50. The molecule has 0 bridgehead atoms. The Morgan fingerprint density at radius 3 is 2.11 bits per heavy atom. The van der Waals surface area contributed by atoms with Crippen molar-refractivity contribution in [2.45, 2.75) is 13.8 Å². The van der Waals surface area contributed by atoms with Crippen molar-refractivity contribution in [3.63, 3.8) is 0 Å². The lowest BCUT2D eigenvalue weighted by molar-refractivity contribution is -0.125. The van der Waals surface area contributed by atoms with Gasteiger partial charge in [-0.15, -0.1) is 0 Å². The van der Waals surface area contributed by atoms with Crippen molar-refractivity contribution in [1.29, 1.82) is 0 Å². The molecule has 1 amide bonds. The summed E-state index contributed by atoms with van der Waals surface area (Å²) in [5, 5.41) is -1.20. The Morgan fingerprint density at radius 1 is 1.11 bits per heavy atom. The van der Waals surface area contributed by atoms with E-state index in [2.05, 4.69) is 0 Å². The van der Waals surface area contributed by atoms with E-state index in [4.69, 9.17) is 39.6 Å². The van der Waals surface area contributed by atoms with Crippen molar-refractivity contribution < 1.29 is 18.8 Å². The van der Waals surface area contributed by atoms with Crippen LogP contribution < -0.4 is 10.3 Å². The summed E-state index contributed by atoms with van der Waals surface area (Å²) in [7, 11) is 0. The maximum atomic E-state index is 13.7. The molecule has 98 valence electrons. The number of carbonyl (C=O) groups excluding carboxylic acids is 2. The first kappa shape index (κ1) is 15.0. The molecule has 1 aromatic carbocycles. The molecule has 0 aromatic heterocycles. The monoisotopic (exact) mass is 313 g/mol. The van der Waals surface area contributed by atoms with Crippen molar-refractivity contribution in [3.8, 4) is 5.75 Å². The van der Waals surface area contributed by atoms with E-state index < -0.39 is 28.1 Å². The Balaban J connectivity index is 3.42. The first-order valence-electron chi connectivity index (χ1n) is 4.57. The lowest BCUT2D eigenvalue weighted by Gasteiger charge is -2.13. The van der Waals surface area contributed by atoms with E-state index in [0.29, 0.717) is 0 Å². The van der Waals surface area contributed by atoms with E-state index in [9.17, 15) is 14.0 Å². The summed E-state index contributed by atoms with van der Waals surface area (Å²) < 4.78 is 13.7. The predicted octanol–water partition coefficient (Wildman–Crippen LogP) is 3.42. The van der Waals surface area contributed by atoms with Gasteiger partial charge >= 0.3 is 0 Å². The average Bonchev–Trinajstić information content (AvgIpc) is 2.25. The number of ketones is 1. The van der Waals surface area contributed by atoms with E-state index in [1.54, 1.807) is 0 Å². The summed E-state index contributed by atoms with van der Waals surface area (Å²) in [6.07, 6.45) is 0. The van der Waals surface area contributed by atoms with Gasteiger partial charge in [0.2, 0.25) is 5.91 Å². The van der Waals surface area contributed by atoms with Crippen LogP contribution in [0, 0.1) is 5.82 Å². The lowest BCUT2D eigenvalue weighted by atomic mass is 10.1. The number of hydrogen-bond donors (Lipinski definition) is 1. The maximum absolute atomic E-state index is 13.7. The zero-order valence-electron chi connectivity index (χ0n) is 9.24. The van der Waals surface area contributed by atoms with Crippen LogP contribution in [0.4, 0.5) is 4.39 Å². The molecule has 0 heterocycles. The molecule has 1 aromatic rings. The highest BCUT2D eigenvalue weighted by molar-refractivity contribution is 6.46. The van der Waals surface area contributed by atoms with Crippen molar-refractivity contribution in [1.82, 2.24) is 5.48 Å². The van der Waals surface area contributed by atoms with Gasteiger partial charge in [0.1, 0.15) is 10.0 Å². The van der Waals surface area contributed by atoms with E-state index in [-0.39, 0.29) is 15.8 Å². The van der Waals surface area contributed by atoms with Gasteiger partial charge in [0.25, 0.3) is 0 Å². The number of Topliss-reactive ketones (excluding diaryl/α,β-unsaturated/α-hetero) is 1. The summed E-state index contributed by atoms with van der Waals surface area (Å²) in [4.78, 5) is 26.8. The topological polar surface area (TPSA) is 55.4 Å². The van der Waals surface area contributed by atoms with E-state index >= 15 is 0 Å². The van der Waals surface area contributed by atoms with Gasteiger partial charge in [0, 0.05) is 6.92 Å². The van der Waals surface area contributed by atoms with Crippen molar-refractivity contribution >= 4 is 46.5 Å². The van der Waals surface area contributed by atoms with Gasteiger partial charge in [-0.05, 0) is 6.92 Å². The number of hydrogen-bond acceptors (Lipinski definition) is 3. The Kier molecular flexibility index (Phi) is 4.78. The lowest BCUT2D eigenvalue weighted by Crippen LogP contribution is -2.24. The molecular weight excluding hydrogens is 307 g/mol. The van der Waals surface area contributed by atoms with E-state index in [1.807, 2.05) is 5.48 Å². The van der Waals surface area contributed by atoms with Gasteiger partial charge in [-0.25, -0.2) is 4.39 Å². The van der Waals surface area contributed by atoms with Crippen LogP contribution in [0.5, 0.6) is 5.75 Å². The molecule has 1 rings (SSSR count). The van der Waals surface area contributed by atoms with Crippen LogP contribution in [-0.2, 0) is 4.79 Å². The van der Waals surface area contributed by atoms with E-state index in [1.165, 1.54) is 6.92 Å². The van der Waals surface area contributed by atoms with Crippen LogP contribution in [0.3, 0.4) is 0 Å². The second-order valence-electron chi connectivity index (χ2n) is 3.28. The minimum Gasteiger partial charge on any atom is -0.376 e. The van der Waals surface area contributed by atoms with Crippen molar-refractivity contribution in [3.05, 3.63) is 26.4 Å². The van der Waals surface area contributed by atoms with Gasteiger partial charge in [-0.3, -0.25) is 9.59 Å². The number of hydroxylamine groups is 1. The number of nitrogens with one attached hydrogen (secondary N) is 1. The van der Waals surface area contributed by atoms with Crippen molar-refractivity contribution in [2.24, 2.45) is 0 Å². The molecule has 8 heteroatoms. The third-order valence-corrected chi connectivity index (χ3v) is 3.04. The number of carbonyl (C=O) groups is 2. The Labute approximate surface area is 117 Å². The van der Waals surface area contributed by atoms with Gasteiger partial charge in [0.05, 0.1) is 10.6 Å². The molecule has 0 atom stereocenters. The molecule has 0 fully saturated rings. The fourth-order valence-corrected chi connectivity index (χ4v) is 1.93. The summed E-state index contributed by atoms with van der Waals surface area (Å²) in [6, 6.07) is 0. The summed E-state index contributed by atoms with van der Waals surface area (Å²) in [5.41, 5.74) is 1.50. The summed E-state index contributed by atoms with van der Waals surface area (Å²) in [6.45, 7) is 2.29. The third kappa shape index (κ3) is 2.85. The zero-order chi connectivity index (χ0) is 14.0. The number of rotatable bonds is 3. The van der Waals surface area contributed by atoms with Gasteiger partial charge < -0.3 is 4.84 Å². The molecule has 4 nitrogen and oxygen atoms in total. The molecule has 0 saturated carbocycles. The third-order valence-electron chi connectivity index (χ3n) is 1.87. The van der Waals surface area contributed by atoms with Crippen LogP contribution in [-0.4, -0.2) is 11.7 Å². The molecule has 0 spiro atoms.